The molecule has 4 rings (SSSR count). The van der Waals surface area contributed by atoms with E-state index in [-0.39, 0.29) is 18.6 Å². The van der Waals surface area contributed by atoms with Gasteiger partial charge in [-0.05, 0) is 69.0 Å². The first kappa shape index (κ1) is 25.0. The highest BCUT2D eigenvalue weighted by atomic mass is 16.5. The van der Waals surface area contributed by atoms with Crippen molar-refractivity contribution in [3.05, 3.63) is 76.7 Å². The van der Waals surface area contributed by atoms with Gasteiger partial charge in [0.1, 0.15) is 12.4 Å². The zero-order valence-corrected chi connectivity index (χ0v) is 20.9. The number of rotatable bonds is 8. The smallest absolute Gasteiger partial charge is 0.331 e. The summed E-state index contributed by atoms with van der Waals surface area (Å²) in [6.07, 6.45) is 4.69. The average Bonchev–Trinajstić information content (AvgIpc) is 3.21. The minimum atomic E-state index is -0.598. The number of esters is 1. The number of aromatic nitrogens is 1. The van der Waals surface area contributed by atoms with Gasteiger partial charge in [-0.15, -0.1) is 0 Å². The summed E-state index contributed by atoms with van der Waals surface area (Å²) in [5.74, 6) is 0.947. The summed E-state index contributed by atoms with van der Waals surface area (Å²) in [5.41, 5.74) is 4.40. The number of hydrogen-bond donors (Lipinski definition) is 0. The number of amides is 1. The normalized spacial score (nSPS) is 15.0. The number of fused-ring (bicyclic) bond motifs is 1. The first-order valence-electron chi connectivity index (χ1n) is 11.8. The van der Waals surface area contributed by atoms with Crippen LogP contribution in [0, 0.1) is 13.8 Å². The fourth-order valence-electron chi connectivity index (χ4n) is 4.25. The van der Waals surface area contributed by atoms with Crippen LogP contribution < -0.4 is 14.4 Å². The molecule has 0 aliphatic carbocycles. The summed E-state index contributed by atoms with van der Waals surface area (Å²) in [7, 11) is 1.55. The van der Waals surface area contributed by atoms with Crippen molar-refractivity contribution in [3.8, 4) is 11.5 Å². The largest absolute Gasteiger partial charge is 0.493 e. The number of methoxy groups -OCH3 is 1. The van der Waals surface area contributed by atoms with Crippen LogP contribution in [0.3, 0.4) is 0 Å². The Morgan fingerprint density at radius 3 is 2.72 bits per heavy atom. The Balaban J connectivity index is 1.34. The van der Waals surface area contributed by atoms with Gasteiger partial charge in [-0.2, -0.15) is 0 Å². The van der Waals surface area contributed by atoms with Gasteiger partial charge in [-0.3, -0.25) is 4.79 Å². The molecule has 0 radical (unpaired) electrons. The molecule has 0 saturated heterocycles. The van der Waals surface area contributed by atoms with Crippen molar-refractivity contribution in [3.63, 3.8) is 0 Å². The molecular weight excluding hydrogens is 460 g/mol. The molecular formula is C28H30N2O6. The zero-order valence-electron chi connectivity index (χ0n) is 20.9. The van der Waals surface area contributed by atoms with Crippen LogP contribution in [0.4, 0.5) is 5.69 Å². The van der Waals surface area contributed by atoms with Crippen LogP contribution in [0.1, 0.15) is 41.5 Å². The second kappa shape index (κ2) is 11.1. The van der Waals surface area contributed by atoms with Crippen molar-refractivity contribution in [1.82, 2.24) is 5.16 Å². The molecule has 0 N–H and O–H groups in total. The summed E-state index contributed by atoms with van der Waals surface area (Å²) in [5, 5.41) is 3.93. The number of anilines is 1. The SMILES string of the molecule is COc1cc(/C=C/C(=O)OCC(=O)N2c3ccccc3CC[C@@H]2C)ccc1OCc1c(C)noc1C. The standard InChI is InChI=1S/C28H30N2O6/c1-18-9-12-22-7-5-6-8-24(22)30(18)27(31)17-35-28(32)14-11-21-10-13-25(26(15-21)33-4)34-16-23-19(2)29-36-20(23)3/h5-8,10-11,13-15,18H,9,12,16-17H2,1-4H3/b14-11+/t18-/m0/s1. The van der Waals surface area contributed by atoms with Crippen LogP contribution in [0.5, 0.6) is 11.5 Å². The lowest BCUT2D eigenvalue weighted by Gasteiger charge is -2.35. The molecule has 188 valence electrons. The molecule has 8 nitrogen and oxygen atoms in total. The van der Waals surface area contributed by atoms with Gasteiger partial charge in [0, 0.05) is 17.8 Å². The van der Waals surface area contributed by atoms with E-state index in [0.29, 0.717) is 23.9 Å². The minimum absolute atomic E-state index is 0.0486. The number of carbonyl (C=O) groups excluding carboxylic acids is 2. The van der Waals surface area contributed by atoms with E-state index in [9.17, 15) is 9.59 Å². The maximum atomic E-state index is 12.8. The Kier molecular flexibility index (Phi) is 7.73. The highest BCUT2D eigenvalue weighted by molar-refractivity contribution is 5.98. The van der Waals surface area contributed by atoms with Gasteiger partial charge in [-0.1, -0.05) is 29.4 Å². The lowest BCUT2D eigenvalue weighted by Crippen LogP contribution is -2.44. The summed E-state index contributed by atoms with van der Waals surface area (Å²) in [6, 6.07) is 13.2. The molecule has 0 spiro atoms. The van der Waals surface area contributed by atoms with E-state index in [0.717, 1.165) is 40.9 Å². The number of benzene rings is 2. The van der Waals surface area contributed by atoms with Crippen molar-refractivity contribution in [2.75, 3.05) is 18.6 Å². The monoisotopic (exact) mass is 490 g/mol. The molecule has 0 unspecified atom stereocenters. The molecule has 8 heteroatoms. The predicted octanol–water partition coefficient (Wildman–Crippen LogP) is 4.80. The van der Waals surface area contributed by atoms with E-state index in [2.05, 4.69) is 5.16 Å². The molecule has 1 aliphatic heterocycles. The lowest BCUT2D eigenvalue weighted by molar-refractivity contribution is -0.143. The first-order chi connectivity index (χ1) is 17.4. The number of para-hydroxylation sites is 1. The number of hydrogen-bond acceptors (Lipinski definition) is 7. The van der Waals surface area contributed by atoms with Crippen LogP contribution in [0.15, 0.2) is 53.1 Å². The molecule has 0 bridgehead atoms. The van der Waals surface area contributed by atoms with Crippen molar-refractivity contribution in [1.29, 1.82) is 0 Å². The highest BCUT2D eigenvalue weighted by Crippen LogP contribution is 2.31. The van der Waals surface area contributed by atoms with Gasteiger partial charge in [0.15, 0.2) is 18.1 Å². The first-order valence-corrected chi connectivity index (χ1v) is 11.8. The quantitative estimate of drug-likeness (QED) is 0.331. The van der Waals surface area contributed by atoms with Gasteiger partial charge in [-0.25, -0.2) is 4.79 Å². The fourth-order valence-corrected chi connectivity index (χ4v) is 4.25. The summed E-state index contributed by atoms with van der Waals surface area (Å²) < 4.78 is 21.7. The maximum Gasteiger partial charge on any atom is 0.331 e. The van der Waals surface area contributed by atoms with Gasteiger partial charge < -0.3 is 23.6 Å². The van der Waals surface area contributed by atoms with Crippen LogP contribution in [0.2, 0.25) is 0 Å². The number of nitrogens with zero attached hydrogens (tertiary/aromatic N) is 2. The summed E-state index contributed by atoms with van der Waals surface area (Å²) >= 11 is 0. The van der Waals surface area contributed by atoms with Crippen LogP contribution in [0.25, 0.3) is 6.08 Å². The molecule has 3 aromatic rings. The van der Waals surface area contributed by atoms with Crippen LogP contribution >= 0.6 is 0 Å². The number of carbonyl (C=O) groups is 2. The molecule has 1 amide bonds. The van der Waals surface area contributed by atoms with Gasteiger partial charge in [0.05, 0.1) is 18.4 Å². The average molecular weight is 491 g/mol. The molecule has 1 aliphatic rings. The van der Waals surface area contributed by atoms with Gasteiger partial charge in [0.2, 0.25) is 0 Å². The summed E-state index contributed by atoms with van der Waals surface area (Å²) in [6.45, 7) is 5.68. The van der Waals surface area contributed by atoms with Gasteiger partial charge in [0.25, 0.3) is 5.91 Å². The van der Waals surface area contributed by atoms with E-state index < -0.39 is 5.97 Å². The van der Waals surface area contributed by atoms with E-state index in [4.69, 9.17) is 18.7 Å². The van der Waals surface area contributed by atoms with Crippen LogP contribution in [-0.2, 0) is 27.4 Å². The lowest BCUT2D eigenvalue weighted by atomic mass is 9.96. The zero-order chi connectivity index (χ0) is 25.7. The topological polar surface area (TPSA) is 91.1 Å². The van der Waals surface area contributed by atoms with Crippen LogP contribution in [-0.4, -0.2) is 36.8 Å². The third-order valence-electron chi connectivity index (χ3n) is 6.28. The maximum absolute atomic E-state index is 12.8. The molecule has 36 heavy (non-hydrogen) atoms. The van der Waals surface area contributed by atoms with Crippen molar-refractivity contribution < 1.29 is 28.3 Å². The molecule has 2 heterocycles. The van der Waals surface area contributed by atoms with E-state index in [1.54, 1.807) is 36.3 Å². The van der Waals surface area contributed by atoms with E-state index in [1.807, 2.05) is 45.0 Å². The Hall–Kier alpha value is -4.07. The Morgan fingerprint density at radius 2 is 1.97 bits per heavy atom. The Bertz CT molecular complexity index is 1260. The molecule has 1 aromatic heterocycles. The second-order valence-corrected chi connectivity index (χ2v) is 8.72. The highest BCUT2D eigenvalue weighted by Gasteiger charge is 2.28. The second-order valence-electron chi connectivity index (χ2n) is 8.72. The summed E-state index contributed by atoms with van der Waals surface area (Å²) in [4.78, 5) is 26.9. The molecule has 2 aromatic carbocycles. The van der Waals surface area contributed by atoms with Crippen molar-refractivity contribution in [2.45, 2.75) is 46.3 Å². The van der Waals surface area contributed by atoms with Crippen molar-refractivity contribution >= 4 is 23.6 Å². The molecule has 1 atom stereocenters. The molecule has 0 saturated carbocycles. The van der Waals surface area contributed by atoms with E-state index in [1.165, 1.54) is 6.08 Å². The Morgan fingerprint density at radius 1 is 1.17 bits per heavy atom. The third-order valence-corrected chi connectivity index (χ3v) is 6.28. The molecule has 0 fully saturated rings. The number of ether oxygens (including phenoxy) is 3. The minimum Gasteiger partial charge on any atom is -0.493 e. The fraction of sp³-hybridized carbons (Fsp3) is 0.321. The third kappa shape index (κ3) is 5.59. The number of aryl methyl sites for hydroxylation is 3. The predicted molar refractivity (Wildman–Crippen MR) is 135 cm³/mol. The Labute approximate surface area is 210 Å². The van der Waals surface area contributed by atoms with Gasteiger partial charge >= 0.3 is 5.97 Å². The van der Waals surface area contributed by atoms with E-state index >= 15 is 0 Å². The van der Waals surface area contributed by atoms with Crippen molar-refractivity contribution in [2.24, 2.45) is 0 Å².